The van der Waals surface area contributed by atoms with Crippen LogP contribution in [0.2, 0.25) is 0 Å². The molecule has 1 aliphatic carbocycles. The van der Waals surface area contributed by atoms with Crippen LogP contribution in [-0.4, -0.2) is 73.2 Å². The van der Waals surface area contributed by atoms with E-state index in [1.165, 1.54) is 4.90 Å². The average Bonchev–Trinajstić information content (AvgIpc) is 3.40. The summed E-state index contributed by atoms with van der Waals surface area (Å²) in [6, 6.07) is -2.11. The minimum Gasteiger partial charge on any atom is -0.444 e. The van der Waals surface area contributed by atoms with Crippen molar-refractivity contribution in [3.63, 3.8) is 0 Å². The van der Waals surface area contributed by atoms with E-state index in [-0.39, 0.29) is 6.54 Å². The minimum atomic E-state index is -3.76. The molecule has 0 aromatic rings. The lowest BCUT2D eigenvalue weighted by atomic mass is 10.1. The SMILES string of the molecule is C=CC(NC(=O)C1CCCN1C(=O)CNC(=O)OC(C)(C)C)C(=O)NS(=O)(=O)C1CC1. The molecule has 0 spiro atoms. The quantitative estimate of drug-likeness (QED) is 0.425. The van der Waals surface area contributed by atoms with Gasteiger partial charge in [0.15, 0.2) is 0 Å². The predicted octanol–water partition coefficient (Wildman–Crippen LogP) is -0.219. The number of hydrogen-bond acceptors (Lipinski definition) is 7. The lowest BCUT2D eigenvalue weighted by Gasteiger charge is -2.26. The van der Waals surface area contributed by atoms with Gasteiger partial charge in [-0.25, -0.2) is 13.2 Å². The summed E-state index contributed by atoms with van der Waals surface area (Å²) in [7, 11) is -3.76. The molecule has 11 nitrogen and oxygen atoms in total. The maximum Gasteiger partial charge on any atom is 0.408 e. The fraction of sp³-hybridized carbons (Fsp3) is 0.684. The first-order valence-corrected chi connectivity index (χ1v) is 11.6. The Morgan fingerprint density at radius 1 is 1.19 bits per heavy atom. The van der Waals surface area contributed by atoms with Gasteiger partial charge < -0.3 is 20.3 Å². The Bertz CT molecular complexity index is 846. The van der Waals surface area contributed by atoms with Crippen molar-refractivity contribution < 1.29 is 32.3 Å². The summed E-state index contributed by atoms with van der Waals surface area (Å²) in [5, 5.41) is 4.20. The van der Waals surface area contributed by atoms with Gasteiger partial charge in [-0.1, -0.05) is 6.08 Å². The molecule has 0 aromatic heterocycles. The minimum absolute atomic E-state index is 0.313. The fourth-order valence-corrected chi connectivity index (χ4v) is 4.38. The van der Waals surface area contributed by atoms with E-state index in [1.54, 1.807) is 20.8 Å². The Kier molecular flexibility index (Phi) is 7.68. The van der Waals surface area contributed by atoms with Gasteiger partial charge in [-0.2, -0.15) is 0 Å². The first-order valence-electron chi connectivity index (χ1n) is 10.1. The molecule has 2 unspecified atom stereocenters. The van der Waals surface area contributed by atoms with Crippen molar-refractivity contribution in [2.75, 3.05) is 13.1 Å². The van der Waals surface area contributed by atoms with E-state index in [0.29, 0.717) is 32.2 Å². The average molecular weight is 459 g/mol. The van der Waals surface area contributed by atoms with E-state index in [9.17, 15) is 27.6 Å². The van der Waals surface area contributed by atoms with Crippen LogP contribution in [0.1, 0.15) is 46.5 Å². The second-order valence-electron chi connectivity index (χ2n) is 8.53. The van der Waals surface area contributed by atoms with Crippen LogP contribution in [0.3, 0.4) is 0 Å². The Balaban J connectivity index is 1.91. The van der Waals surface area contributed by atoms with E-state index in [1.807, 2.05) is 4.72 Å². The molecule has 1 saturated heterocycles. The second kappa shape index (κ2) is 9.67. The Hall–Kier alpha value is -2.63. The summed E-state index contributed by atoms with van der Waals surface area (Å²) in [5.41, 5.74) is -0.712. The van der Waals surface area contributed by atoms with Crippen LogP contribution in [0, 0.1) is 0 Å². The van der Waals surface area contributed by atoms with Gasteiger partial charge in [0, 0.05) is 6.54 Å². The molecule has 2 rings (SSSR count). The number of carbonyl (C=O) groups is 4. The van der Waals surface area contributed by atoms with Crippen molar-refractivity contribution in [2.45, 2.75) is 69.4 Å². The van der Waals surface area contributed by atoms with Gasteiger partial charge in [0.1, 0.15) is 24.2 Å². The maximum absolute atomic E-state index is 12.7. The largest absolute Gasteiger partial charge is 0.444 e. The third-order valence-electron chi connectivity index (χ3n) is 4.68. The molecular formula is C19H30N4O7S. The highest BCUT2D eigenvalue weighted by molar-refractivity contribution is 7.90. The van der Waals surface area contributed by atoms with Gasteiger partial charge in [-0.3, -0.25) is 19.1 Å². The monoisotopic (exact) mass is 458 g/mol. The Morgan fingerprint density at radius 3 is 2.39 bits per heavy atom. The smallest absolute Gasteiger partial charge is 0.408 e. The van der Waals surface area contributed by atoms with Crippen molar-refractivity contribution in [3.05, 3.63) is 12.7 Å². The molecule has 2 aliphatic rings. The van der Waals surface area contributed by atoms with Crippen LogP contribution < -0.4 is 15.4 Å². The first-order chi connectivity index (χ1) is 14.3. The number of likely N-dealkylation sites (tertiary alicyclic amines) is 1. The number of nitrogens with one attached hydrogen (secondary N) is 3. The molecule has 4 amide bonds. The van der Waals surface area contributed by atoms with Gasteiger partial charge in [0.2, 0.25) is 21.8 Å². The molecule has 1 heterocycles. The standard InChI is InChI=1S/C19H30N4O7S/c1-5-13(16(25)22-31(28,29)12-8-9-12)21-17(26)14-7-6-10-23(14)15(24)11-20-18(27)30-19(2,3)4/h5,12-14H,1,6-11H2,2-4H3,(H,20,27)(H,21,26)(H,22,25). The summed E-state index contributed by atoms with van der Waals surface area (Å²) in [6.45, 7) is 8.52. The van der Waals surface area contributed by atoms with Crippen LogP contribution in [0.25, 0.3) is 0 Å². The maximum atomic E-state index is 12.7. The normalized spacial score (nSPS) is 19.8. The number of hydrogen-bond donors (Lipinski definition) is 3. The number of nitrogens with zero attached hydrogens (tertiary/aromatic N) is 1. The molecule has 1 aliphatic heterocycles. The van der Waals surface area contributed by atoms with Crippen molar-refractivity contribution in [1.82, 2.24) is 20.3 Å². The molecule has 0 bridgehead atoms. The number of carbonyl (C=O) groups excluding carboxylic acids is 4. The molecule has 0 aromatic carbocycles. The highest BCUT2D eigenvalue weighted by Gasteiger charge is 2.39. The van der Waals surface area contributed by atoms with Crippen molar-refractivity contribution in [2.24, 2.45) is 0 Å². The van der Waals surface area contributed by atoms with E-state index in [2.05, 4.69) is 17.2 Å². The van der Waals surface area contributed by atoms with Gasteiger partial charge >= 0.3 is 6.09 Å². The third kappa shape index (κ3) is 7.23. The van der Waals surface area contributed by atoms with Crippen LogP contribution >= 0.6 is 0 Å². The van der Waals surface area contributed by atoms with Gasteiger partial charge in [0.05, 0.1) is 5.25 Å². The zero-order valence-corrected chi connectivity index (χ0v) is 18.8. The van der Waals surface area contributed by atoms with Gasteiger partial charge in [-0.15, -0.1) is 6.58 Å². The number of sulfonamides is 1. The summed E-state index contributed by atoms with van der Waals surface area (Å²) in [5.74, 6) is -1.98. The molecule has 31 heavy (non-hydrogen) atoms. The number of amides is 4. The first kappa shape index (κ1) is 24.6. The molecule has 0 radical (unpaired) electrons. The van der Waals surface area contributed by atoms with Crippen LogP contribution in [0.15, 0.2) is 12.7 Å². The molecule has 2 atom stereocenters. The summed E-state index contributed by atoms with van der Waals surface area (Å²) in [4.78, 5) is 50.5. The third-order valence-corrected chi connectivity index (χ3v) is 6.52. The van der Waals surface area contributed by atoms with E-state index in [4.69, 9.17) is 4.74 Å². The Morgan fingerprint density at radius 2 is 1.84 bits per heavy atom. The Labute approximate surface area is 182 Å². The van der Waals surface area contributed by atoms with Crippen LogP contribution in [0.5, 0.6) is 0 Å². The van der Waals surface area contributed by atoms with Crippen LogP contribution in [-0.2, 0) is 29.1 Å². The van der Waals surface area contributed by atoms with Crippen molar-refractivity contribution in [3.8, 4) is 0 Å². The van der Waals surface area contributed by atoms with Gasteiger partial charge in [0.25, 0.3) is 5.91 Å². The highest BCUT2D eigenvalue weighted by atomic mass is 32.2. The zero-order valence-electron chi connectivity index (χ0n) is 18.0. The highest BCUT2D eigenvalue weighted by Crippen LogP contribution is 2.27. The van der Waals surface area contributed by atoms with Crippen LogP contribution in [0.4, 0.5) is 4.79 Å². The second-order valence-corrected chi connectivity index (χ2v) is 10.5. The molecule has 174 valence electrons. The lowest BCUT2D eigenvalue weighted by Crippen LogP contribution is -2.54. The lowest BCUT2D eigenvalue weighted by molar-refractivity contribution is -0.138. The molecule has 12 heteroatoms. The van der Waals surface area contributed by atoms with E-state index >= 15 is 0 Å². The van der Waals surface area contributed by atoms with E-state index < -0.39 is 56.8 Å². The van der Waals surface area contributed by atoms with Gasteiger partial charge in [-0.05, 0) is 46.5 Å². The number of alkyl carbamates (subject to hydrolysis) is 1. The van der Waals surface area contributed by atoms with Crippen molar-refractivity contribution in [1.29, 1.82) is 0 Å². The molecule has 1 saturated carbocycles. The van der Waals surface area contributed by atoms with E-state index in [0.717, 1.165) is 6.08 Å². The summed E-state index contributed by atoms with van der Waals surface area (Å²) >= 11 is 0. The fourth-order valence-electron chi connectivity index (χ4n) is 3.05. The summed E-state index contributed by atoms with van der Waals surface area (Å²) < 4.78 is 30.9. The van der Waals surface area contributed by atoms with Crippen molar-refractivity contribution >= 4 is 33.8 Å². The molecule has 3 N–H and O–H groups in total. The molecular weight excluding hydrogens is 428 g/mol. The predicted molar refractivity (Wildman–Crippen MR) is 111 cm³/mol. The summed E-state index contributed by atoms with van der Waals surface area (Å²) in [6.07, 6.45) is 2.30. The topological polar surface area (TPSA) is 151 Å². The number of ether oxygens (including phenoxy) is 1. The molecule has 2 fully saturated rings. The zero-order chi connectivity index (χ0) is 23.4. The number of rotatable bonds is 8.